The van der Waals surface area contributed by atoms with Crippen LogP contribution in [0.1, 0.15) is 18.1 Å². The molecule has 0 aliphatic heterocycles. The van der Waals surface area contributed by atoms with Gasteiger partial charge in [-0.2, -0.15) is 5.10 Å². The monoisotopic (exact) mass is 515 g/mol. The zero-order valence-corrected chi connectivity index (χ0v) is 20.9. The van der Waals surface area contributed by atoms with Crippen LogP contribution in [0.25, 0.3) is 10.8 Å². The topological polar surface area (TPSA) is 103 Å². The number of non-ortho nitro benzene ring substituents is 1. The van der Waals surface area contributed by atoms with Crippen molar-refractivity contribution in [3.8, 4) is 11.5 Å². The van der Waals surface area contributed by atoms with Gasteiger partial charge in [0.2, 0.25) is 5.91 Å². The number of nitro benzene ring substituents is 1. The molecular formula is C28H25N3O5S. The molecule has 0 saturated heterocycles. The van der Waals surface area contributed by atoms with Crippen LogP contribution in [0.5, 0.6) is 11.5 Å². The Morgan fingerprint density at radius 3 is 2.65 bits per heavy atom. The molecule has 0 aliphatic rings. The number of carbonyl (C=O) groups is 1. The molecule has 0 bridgehead atoms. The van der Waals surface area contributed by atoms with Crippen LogP contribution < -0.4 is 14.9 Å². The smallest absolute Gasteiger partial charge is 0.269 e. The number of nitrogens with zero attached hydrogens (tertiary/aromatic N) is 2. The summed E-state index contributed by atoms with van der Waals surface area (Å²) < 4.78 is 11.5. The van der Waals surface area contributed by atoms with Gasteiger partial charge in [-0.3, -0.25) is 14.9 Å². The summed E-state index contributed by atoms with van der Waals surface area (Å²) in [6, 6.07) is 25.7. The van der Waals surface area contributed by atoms with Crippen LogP contribution >= 0.6 is 11.8 Å². The van der Waals surface area contributed by atoms with Crippen molar-refractivity contribution >= 4 is 40.3 Å². The molecule has 1 N–H and O–H groups in total. The Balaban J connectivity index is 1.34. The number of rotatable bonds is 11. The zero-order chi connectivity index (χ0) is 26.0. The van der Waals surface area contributed by atoms with E-state index in [0.29, 0.717) is 29.2 Å². The fraction of sp³-hybridized carbons (Fsp3) is 0.143. The quantitative estimate of drug-likeness (QED) is 0.114. The lowest BCUT2D eigenvalue weighted by Gasteiger charge is -2.12. The highest BCUT2D eigenvalue weighted by molar-refractivity contribution is 8.00. The average Bonchev–Trinajstić information content (AvgIpc) is 2.91. The molecule has 4 aromatic rings. The van der Waals surface area contributed by atoms with Crippen molar-refractivity contribution in [3.63, 3.8) is 0 Å². The van der Waals surface area contributed by atoms with Crippen molar-refractivity contribution in [2.45, 2.75) is 18.4 Å². The second-order valence-corrected chi connectivity index (χ2v) is 8.93. The largest absolute Gasteiger partial charge is 0.490 e. The van der Waals surface area contributed by atoms with Crippen molar-refractivity contribution in [2.24, 2.45) is 5.10 Å². The number of amides is 1. The number of benzene rings is 4. The molecule has 0 aromatic heterocycles. The van der Waals surface area contributed by atoms with Gasteiger partial charge in [-0.25, -0.2) is 5.43 Å². The van der Waals surface area contributed by atoms with E-state index >= 15 is 0 Å². The van der Waals surface area contributed by atoms with Gasteiger partial charge in [-0.15, -0.1) is 11.8 Å². The molecule has 0 unspecified atom stereocenters. The first-order valence-electron chi connectivity index (χ1n) is 11.6. The second-order valence-electron chi connectivity index (χ2n) is 7.91. The highest BCUT2D eigenvalue weighted by Gasteiger charge is 2.10. The molecular weight excluding hydrogens is 490 g/mol. The van der Waals surface area contributed by atoms with Crippen LogP contribution in [0.4, 0.5) is 5.69 Å². The Morgan fingerprint density at radius 1 is 1.00 bits per heavy atom. The van der Waals surface area contributed by atoms with Gasteiger partial charge >= 0.3 is 0 Å². The third kappa shape index (κ3) is 7.08. The number of nitrogens with one attached hydrogen (secondary N) is 1. The van der Waals surface area contributed by atoms with Gasteiger partial charge in [-0.1, -0.05) is 48.5 Å². The van der Waals surface area contributed by atoms with E-state index in [1.807, 2.05) is 49.4 Å². The van der Waals surface area contributed by atoms with E-state index < -0.39 is 4.92 Å². The summed E-state index contributed by atoms with van der Waals surface area (Å²) in [6.07, 6.45) is 1.54. The summed E-state index contributed by atoms with van der Waals surface area (Å²) >= 11 is 1.46. The first-order chi connectivity index (χ1) is 18.0. The fourth-order valence-electron chi connectivity index (χ4n) is 3.59. The molecule has 0 fully saturated rings. The molecule has 0 aliphatic carbocycles. The number of nitro groups is 1. The molecule has 37 heavy (non-hydrogen) atoms. The number of hydrogen-bond acceptors (Lipinski definition) is 7. The molecule has 4 rings (SSSR count). The summed E-state index contributed by atoms with van der Waals surface area (Å²) in [7, 11) is 0. The van der Waals surface area contributed by atoms with Gasteiger partial charge in [0.25, 0.3) is 5.69 Å². The summed E-state index contributed by atoms with van der Waals surface area (Å²) in [5.41, 5.74) is 3.96. The number of thioether (sulfide) groups is 1. The van der Waals surface area contributed by atoms with Gasteiger partial charge in [0.1, 0.15) is 6.61 Å². The fourth-order valence-corrected chi connectivity index (χ4v) is 4.46. The molecule has 0 atom stereocenters. The Labute approximate surface area is 218 Å². The molecule has 0 saturated carbocycles. The van der Waals surface area contributed by atoms with E-state index in [-0.39, 0.29) is 24.0 Å². The van der Waals surface area contributed by atoms with Gasteiger partial charge in [0, 0.05) is 17.0 Å². The number of hydrogen-bond donors (Lipinski definition) is 1. The molecule has 188 valence electrons. The summed E-state index contributed by atoms with van der Waals surface area (Å²) in [4.78, 5) is 23.9. The zero-order valence-electron chi connectivity index (χ0n) is 20.1. The van der Waals surface area contributed by atoms with Crippen LogP contribution in [0.15, 0.2) is 94.9 Å². The predicted molar refractivity (Wildman–Crippen MR) is 145 cm³/mol. The van der Waals surface area contributed by atoms with Crippen molar-refractivity contribution in [3.05, 3.63) is 106 Å². The Hall–Kier alpha value is -4.37. The summed E-state index contributed by atoms with van der Waals surface area (Å²) in [5.74, 6) is 1.03. The minimum absolute atomic E-state index is 0.00950. The summed E-state index contributed by atoms with van der Waals surface area (Å²) in [6.45, 7) is 2.44. The van der Waals surface area contributed by atoms with Crippen LogP contribution in [0.3, 0.4) is 0 Å². The van der Waals surface area contributed by atoms with Crippen LogP contribution in [0.2, 0.25) is 0 Å². The van der Waals surface area contributed by atoms with Crippen LogP contribution in [-0.4, -0.2) is 29.4 Å². The van der Waals surface area contributed by atoms with Gasteiger partial charge in [0.15, 0.2) is 11.5 Å². The third-order valence-corrected chi connectivity index (χ3v) is 6.37. The maximum atomic E-state index is 12.3. The molecule has 0 heterocycles. The molecule has 0 radical (unpaired) electrons. The van der Waals surface area contributed by atoms with E-state index in [0.717, 1.165) is 15.7 Å². The van der Waals surface area contributed by atoms with Crippen molar-refractivity contribution in [1.29, 1.82) is 0 Å². The van der Waals surface area contributed by atoms with Gasteiger partial charge in [0.05, 0.1) is 23.5 Å². The van der Waals surface area contributed by atoms with Crippen LogP contribution in [0, 0.1) is 10.1 Å². The first kappa shape index (κ1) is 25.7. The molecule has 9 heteroatoms. The Kier molecular flexibility index (Phi) is 8.72. The lowest BCUT2D eigenvalue weighted by atomic mass is 10.1. The molecule has 0 spiro atoms. The highest BCUT2D eigenvalue weighted by atomic mass is 32.2. The lowest BCUT2D eigenvalue weighted by Crippen LogP contribution is -2.19. The lowest BCUT2D eigenvalue weighted by molar-refractivity contribution is -0.384. The van der Waals surface area contributed by atoms with E-state index in [9.17, 15) is 14.9 Å². The van der Waals surface area contributed by atoms with Gasteiger partial charge in [-0.05, 0) is 53.1 Å². The highest BCUT2D eigenvalue weighted by Crippen LogP contribution is 2.30. The minimum Gasteiger partial charge on any atom is -0.490 e. The maximum absolute atomic E-state index is 12.3. The number of fused-ring (bicyclic) bond motifs is 1. The summed E-state index contributed by atoms with van der Waals surface area (Å²) in [5, 5.41) is 17.3. The Bertz CT molecular complexity index is 1440. The van der Waals surface area contributed by atoms with E-state index in [1.54, 1.807) is 30.3 Å². The SMILES string of the molecule is CCOc1cc(/C=N\NC(=O)CSc2cccc3ccccc23)ccc1OCc1cccc([N+](=O)[O-])c1. The van der Waals surface area contributed by atoms with Crippen LogP contribution in [-0.2, 0) is 11.4 Å². The van der Waals surface area contributed by atoms with Gasteiger partial charge < -0.3 is 9.47 Å². The van der Waals surface area contributed by atoms with E-state index in [4.69, 9.17) is 9.47 Å². The standard InChI is InChI=1S/C28H25N3O5S/c1-2-35-26-16-20(13-14-25(26)36-18-21-7-5-10-23(15-21)31(33)34)17-29-30-28(32)19-37-27-12-6-9-22-8-3-4-11-24(22)27/h3-17H,2,18-19H2,1H3,(H,30,32)/b29-17-. The number of hydrazone groups is 1. The van der Waals surface area contributed by atoms with Crippen molar-refractivity contribution < 1.29 is 19.2 Å². The molecule has 4 aromatic carbocycles. The first-order valence-corrected chi connectivity index (χ1v) is 12.6. The van der Waals surface area contributed by atoms with Crippen molar-refractivity contribution in [1.82, 2.24) is 5.43 Å². The average molecular weight is 516 g/mol. The Morgan fingerprint density at radius 2 is 1.81 bits per heavy atom. The predicted octanol–water partition coefficient (Wildman–Crippen LogP) is 5.97. The maximum Gasteiger partial charge on any atom is 0.269 e. The number of carbonyl (C=O) groups excluding carboxylic acids is 1. The minimum atomic E-state index is -0.440. The number of ether oxygens (including phenoxy) is 2. The molecule has 1 amide bonds. The van der Waals surface area contributed by atoms with E-state index in [1.165, 1.54) is 30.1 Å². The van der Waals surface area contributed by atoms with E-state index in [2.05, 4.69) is 10.5 Å². The molecule has 8 nitrogen and oxygen atoms in total. The second kappa shape index (κ2) is 12.5. The third-order valence-electron chi connectivity index (χ3n) is 5.29. The normalized spacial score (nSPS) is 10.9. The van der Waals surface area contributed by atoms with Crippen molar-refractivity contribution in [2.75, 3.05) is 12.4 Å².